The zero-order valence-corrected chi connectivity index (χ0v) is 15.4. The van der Waals surface area contributed by atoms with Gasteiger partial charge >= 0.3 is 5.97 Å². The number of nitrogens with zero attached hydrogens (tertiary/aromatic N) is 1. The van der Waals surface area contributed by atoms with Gasteiger partial charge in [0.05, 0.1) is 23.1 Å². The molecular formula is C22H25NO4. The van der Waals surface area contributed by atoms with Gasteiger partial charge in [-0.2, -0.15) is 0 Å². The number of fused-ring (bicyclic) bond motifs is 5. The Morgan fingerprint density at radius 2 is 1.59 bits per heavy atom. The van der Waals surface area contributed by atoms with Crippen molar-refractivity contribution in [2.45, 2.75) is 57.5 Å². The monoisotopic (exact) mass is 367 g/mol. The van der Waals surface area contributed by atoms with Crippen LogP contribution in [0.1, 0.15) is 61.7 Å². The van der Waals surface area contributed by atoms with Crippen LogP contribution in [0.5, 0.6) is 0 Å². The summed E-state index contributed by atoms with van der Waals surface area (Å²) in [6, 6.07) is 6.82. The molecule has 4 fully saturated rings. The van der Waals surface area contributed by atoms with E-state index in [0.717, 1.165) is 44.9 Å². The summed E-state index contributed by atoms with van der Waals surface area (Å²) in [7, 11) is 0. The minimum Gasteiger partial charge on any atom is -0.459 e. The Hall–Kier alpha value is -2.17. The molecule has 0 radical (unpaired) electrons. The highest BCUT2D eigenvalue weighted by molar-refractivity contribution is 6.22. The van der Waals surface area contributed by atoms with Gasteiger partial charge in [0.25, 0.3) is 0 Å². The number of hydrogen-bond donors (Lipinski definition) is 0. The van der Waals surface area contributed by atoms with E-state index < -0.39 is 0 Å². The molecule has 1 aliphatic heterocycles. The van der Waals surface area contributed by atoms with Gasteiger partial charge in [0.15, 0.2) is 0 Å². The summed E-state index contributed by atoms with van der Waals surface area (Å²) in [5, 5.41) is 0. The molecule has 0 aromatic heterocycles. The Bertz CT molecular complexity index is 769. The van der Waals surface area contributed by atoms with E-state index in [-0.39, 0.29) is 35.7 Å². The minimum absolute atomic E-state index is 0.0139. The normalized spacial score (nSPS) is 32.8. The number of ether oxygens (including phenoxy) is 1. The van der Waals surface area contributed by atoms with Crippen molar-refractivity contribution in [3.05, 3.63) is 29.8 Å². The van der Waals surface area contributed by atoms with Crippen LogP contribution in [0.25, 0.3) is 0 Å². The second kappa shape index (κ2) is 6.47. The predicted octanol–water partition coefficient (Wildman–Crippen LogP) is 3.71. The van der Waals surface area contributed by atoms with Gasteiger partial charge < -0.3 is 4.74 Å². The topological polar surface area (TPSA) is 63.7 Å². The maximum atomic E-state index is 13.0. The number of carbonyl (C=O) groups excluding carboxylic acids is 3. The molecule has 2 amide bonds. The molecule has 0 spiro atoms. The zero-order valence-electron chi connectivity index (χ0n) is 15.4. The Kier molecular flexibility index (Phi) is 4.06. The molecule has 3 saturated carbocycles. The number of anilines is 1. The average Bonchev–Trinajstić information content (AvgIpc) is 3.36. The van der Waals surface area contributed by atoms with Gasteiger partial charge in [-0.3, -0.25) is 14.5 Å². The summed E-state index contributed by atoms with van der Waals surface area (Å²) in [6.45, 7) is 0. The summed E-state index contributed by atoms with van der Waals surface area (Å²) in [5.41, 5.74) is 0.926. The largest absolute Gasteiger partial charge is 0.459 e. The summed E-state index contributed by atoms with van der Waals surface area (Å²) in [6.07, 6.45) is 8.36. The zero-order chi connectivity index (χ0) is 18.5. The van der Waals surface area contributed by atoms with E-state index >= 15 is 0 Å². The Balaban J connectivity index is 1.37. The lowest BCUT2D eigenvalue weighted by Gasteiger charge is -2.22. The van der Waals surface area contributed by atoms with Crippen molar-refractivity contribution < 1.29 is 19.1 Å². The molecule has 27 heavy (non-hydrogen) atoms. The van der Waals surface area contributed by atoms with Gasteiger partial charge in [-0.05, 0) is 75.0 Å². The number of benzene rings is 1. The summed E-state index contributed by atoms with van der Waals surface area (Å²) in [5.74, 6) is -0.0712. The minimum atomic E-state index is -0.358. The fourth-order valence-electron chi connectivity index (χ4n) is 5.84. The van der Waals surface area contributed by atoms with Gasteiger partial charge in [0, 0.05) is 0 Å². The maximum absolute atomic E-state index is 13.0. The van der Waals surface area contributed by atoms with Crippen LogP contribution in [-0.4, -0.2) is 23.9 Å². The lowest BCUT2D eigenvalue weighted by atomic mass is 9.81. The van der Waals surface area contributed by atoms with Crippen molar-refractivity contribution in [3.8, 4) is 0 Å². The Morgan fingerprint density at radius 1 is 0.926 bits per heavy atom. The molecule has 5 nitrogen and oxygen atoms in total. The molecule has 0 N–H and O–H groups in total. The van der Waals surface area contributed by atoms with Crippen molar-refractivity contribution in [3.63, 3.8) is 0 Å². The van der Waals surface area contributed by atoms with Gasteiger partial charge in [-0.1, -0.05) is 12.5 Å². The van der Waals surface area contributed by atoms with E-state index in [0.29, 0.717) is 23.1 Å². The second-order valence-electron chi connectivity index (χ2n) is 8.61. The van der Waals surface area contributed by atoms with E-state index in [4.69, 9.17) is 4.74 Å². The van der Waals surface area contributed by atoms with Crippen molar-refractivity contribution in [2.75, 3.05) is 4.90 Å². The molecule has 3 aliphatic carbocycles. The van der Waals surface area contributed by atoms with E-state index in [9.17, 15) is 14.4 Å². The van der Waals surface area contributed by atoms with Crippen LogP contribution < -0.4 is 4.90 Å². The number of rotatable bonds is 3. The second-order valence-corrected chi connectivity index (χ2v) is 8.61. The van der Waals surface area contributed by atoms with Crippen molar-refractivity contribution in [1.82, 2.24) is 0 Å². The third kappa shape index (κ3) is 2.70. The van der Waals surface area contributed by atoms with Crippen molar-refractivity contribution >= 4 is 23.5 Å². The first kappa shape index (κ1) is 17.0. The van der Waals surface area contributed by atoms with E-state index in [2.05, 4.69) is 0 Å². The molecule has 4 atom stereocenters. The van der Waals surface area contributed by atoms with E-state index in [1.54, 1.807) is 24.3 Å². The van der Waals surface area contributed by atoms with Gasteiger partial charge in [0.2, 0.25) is 11.8 Å². The Morgan fingerprint density at radius 3 is 2.26 bits per heavy atom. The quantitative estimate of drug-likeness (QED) is 0.603. The van der Waals surface area contributed by atoms with Crippen LogP contribution in [0.3, 0.4) is 0 Å². The molecule has 4 aliphatic rings. The highest BCUT2D eigenvalue weighted by Gasteiger charge is 2.61. The smallest absolute Gasteiger partial charge is 0.338 e. The van der Waals surface area contributed by atoms with Gasteiger partial charge in [-0.25, -0.2) is 4.79 Å². The lowest BCUT2D eigenvalue weighted by molar-refractivity contribution is -0.123. The number of amides is 2. The van der Waals surface area contributed by atoms with Crippen LogP contribution in [-0.2, 0) is 14.3 Å². The highest BCUT2D eigenvalue weighted by atomic mass is 16.5. The number of imide groups is 1. The standard InChI is InChI=1S/C22H25NO4/c24-20-18-13-9-10-14(11-13)19(18)21(25)23(20)16-6-4-5-15(12-16)22(26)27-17-7-2-1-3-8-17/h4-6,12-14,17-19H,1-3,7-11H2/t13-,14-,18-,19-/m0/s1. The maximum Gasteiger partial charge on any atom is 0.338 e. The molecule has 0 unspecified atom stereocenters. The van der Waals surface area contributed by atoms with Crippen LogP contribution >= 0.6 is 0 Å². The lowest BCUT2D eigenvalue weighted by Crippen LogP contribution is -2.33. The summed E-state index contributed by atoms with van der Waals surface area (Å²) < 4.78 is 5.64. The third-order valence-corrected chi connectivity index (χ3v) is 7.09. The fourth-order valence-corrected chi connectivity index (χ4v) is 5.84. The first-order valence-corrected chi connectivity index (χ1v) is 10.3. The van der Waals surface area contributed by atoms with Gasteiger partial charge in [0.1, 0.15) is 6.10 Å². The highest BCUT2D eigenvalue weighted by Crippen LogP contribution is 2.56. The molecule has 2 bridgehead atoms. The molecule has 5 heteroatoms. The van der Waals surface area contributed by atoms with Crippen molar-refractivity contribution in [1.29, 1.82) is 0 Å². The van der Waals surface area contributed by atoms with Crippen LogP contribution in [0, 0.1) is 23.7 Å². The Labute approximate surface area is 159 Å². The van der Waals surface area contributed by atoms with Crippen LogP contribution in [0.15, 0.2) is 24.3 Å². The first-order chi connectivity index (χ1) is 13.1. The SMILES string of the molecule is O=C(OC1CCCCC1)c1cccc(N2C(=O)[C@H]3[C@H]4CC[C@@H](C4)[C@@H]3C2=O)c1. The third-order valence-electron chi connectivity index (χ3n) is 7.09. The fraction of sp³-hybridized carbons (Fsp3) is 0.591. The van der Waals surface area contributed by atoms with Crippen molar-refractivity contribution in [2.24, 2.45) is 23.7 Å². The van der Waals surface area contributed by atoms with Crippen LogP contribution in [0.4, 0.5) is 5.69 Å². The molecule has 1 heterocycles. The molecule has 1 aromatic carbocycles. The average molecular weight is 367 g/mol. The van der Waals surface area contributed by atoms with Gasteiger partial charge in [-0.15, -0.1) is 0 Å². The molecule has 5 rings (SSSR count). The first-order valence-electron chi connectivity index (χ1n) is 10.3. The molecule has 1 aromatic rings. The summed E-state index contributed by atoms with van der Waals surface area (Å²) in [4.78, 5) is 39.8. The predicted molar refractivity (Wildman–Crippen MR) is 99.0 cm³/mol. The number of hydrogen-bond acceptors (Lipinski definition) is 4. The van der Waals surface area contributed by atoms with E-state index in [1.165, 1.54) is 11.3 Å². The summed E-state index contributed by atoms with van der Waals surface area (Å²) >= 11 is 0. The molecular weight excluding hydrogens is 342 g/mol. The number of carbonyl (C=O) groups is 3. The molecule has 142 valence electrons. The number of esters is 1. The molecule has 1 saturated heterocycles. The van der Waals surface area contributed by atoms with E-state index in [1.807, 2.05) is 0 Å². The van der Waals surface area contributed by atoms with Crippen LogP contribution in [0.2, 0.25) is 0 Å².